The lowest BCUT2D eigenvalue weighted by Crippen LogP contribution is -2.16. The molecular formula is C15H9F2N3O3. The number of pyridine rings is 1. The van der Waals surface area contributed by atoms with Gasteiger partial charge in [-0.3, -0.25) is 9.20 Å². The number of hydrogen-bond donors (Lipinski definition) is 2. The summed E-state index contributed by atoms with van der Waals surface area (Å²) in [7, 11) is 0. The Morgan fingerprint density at radius 1 is 1.17 bits per heavy atom. The fourth-order valence-electron chi connectivity index (χ4n) is 2.06. The van der Waals surface area contributed by atoms with E-state index in [2.05, 4.69) is 10.3 Å². The number of imidazole rings is 1. The van der Waals surface area contributed by atoms with Crippen LogP contribution in [0.25, 0.3) is 5.65 Å². The van der Waals surface area contributed by atoms with Crippen molar-refractivity contribution in [1.82, 2.24) is 9.38 Å². The number of halogens is 2. The fraction of sp³-hybridized carbons (Fsp3) is 0. The molecule has 3 aromatic rings. The summed E-state index contributed by atoms with van der Waals surface area (Å²) in [5.41, 5.74) is -0.136. The summed E-state index contributed by atoms with van der Waals surface area (Å²) in [6, 6.07) is 5.60. The third-order valence-corrected chi connectivity index (χ3v) is 3.16. The first-order valence-corrected chi connectivity index (χ1v) is 6.42. The number of rotatable bonds is 3. The zero-order chi connectivity index (χ0) is 16.6. The average molecular weight is 317 g/mol. The third kappa shape index (κ3) is 2.73. The van der Waals surface area contributed by atoms with E-state index < -0.39 is 23.5 Å². The van der Waals surface area contributed by atoms with Gasteiger partial charge in [-0.15, -0.1) is 0 Å². The van der Waals surface area contributed by atoms with Crippen molar-refractivity contribution in [3.05, 3.63) is 65.6 Å². The highest BCUT2D eigenvalue weighted by Crippen LogP contribution is 2.18. The summed E-state index contributed by atoms with van der Waals surface area (Å²) >= 11 is 0. The second-order valence-electron chi connectivity index (χ2n) is 4.67. The molecule has 2 aromatic heterocycles. The van der Waals surface area contributed by atoms with E-state index in [4.69, 9.17) is 5.11 Å². The second kappa shape index (κ2) is 5.48. The number of carboxylic acids is 1. The van der Waals surface area contributed by atoms with Gasteiger partial charge < -0.3 is 10.4 Å². The summed E-state index contributed by atoms with van der Waals surface area (Å²) in [6.07, 6.45) is 2.28. The number of benzene rings is 1. The van der Waals surface area contributed by atoms with Gasteiger partial charge in [0.05, 0.1) is 17.4 Å². The molecule has 0 atom stereocenters. The van der Waals surface area contributed by atoms with Crippen LogP contribution in [0.2, 0.25) is 0 Å². The van der Waals surface area contributed by atoms with Crippen LogP contribution in [0.1, 0.15) is 20.8 Å². The molecule has 0 radical (unpaired) electrons. The van der Waals surface area contributed by atoms with Crippen molar-refractivity contribution < 1.29 is 23.5 Å². The van der Waals surface area contributed by atoms with Crippen molar-refractivity contribution in [2.45, 2.75) is 0 Å². The van der Waals surface area contributed by atoms with Gasteiger partial charge in [-0.05, 0) is 30.3 Å². The minimum atomic E-state index is -1.25. The normalized spacial score (nSPS) is 10.7. The molecule has 0 saturated carbocycles. The molecule has 1 amide bonds. The highest BCUT2D eigenvalue weighted by Gasteiger charge is 2.16. The van der Waals surface area contributed by atoms with Crippen LogP contribution in [-0.2, 0) is 0 Å². The maximum Gasteiger partial charge on any atom is 0.335 e. The minimum Gasteiger partial charge on any atom is -0.478 e. The first-order valence-electron chi connectivity index (χ1n) is 6.42. The molecule has 0 fully saturated rings. The molecule has 0 aliphatic carbocycles. The molecule has 0 saturated heterocycles. The number of aromatic carboxylic acids is 1. The van der Waals surface area contributed by atoms with Gasteiger partial charge in [-0.25, -0.2) is 18.6 Å². The number of carbonyl (C=O) groups excluding carboxylic acids is 1. The number of nitrogens with zero attached hydrogens (tertiary/aromatic N) is 2. The number of nitrogens with one attached hydrogen (secondary N) is 1. The zero-order valence-corrected chi connectivity index (χ0v) is 11.5. The van der Waals surface area contributed by atoms with Gasteiger partial charge in [0.2, 0.25) is 0 Å². The van der Waals surface area contributed by atoms with Gasteiger partial charge in [-0.1, -0.05) is 0 Å². The van der Waals surface area contributed by atoms with Crippen LogP contribution in [-0.4, -0.2) is 26.4 Å². The van der Waals surface area contributed by atoms with E-state index in [1.54, 1.807) is 0 Å². The minimum absolute atomic E-state index is 0.0142. The molecule has 116 valence electrons. The van der Waals surface area contributed by atoms with E-state index in [1.807, 2.05) is 0 Å². The molecule has 0 unspecified atom stereocenters. The number of amides is 1. The van der Waals surface area contributed by atoms with Crippen LogP contribution in [0.15, 0.2) is 42.7 Å². The van der Waals surface area contributed by atoms with E-state index in [0.717, 1.165) is 24.4 Å². The van der Waals surface area contributed by atoms with Crippen molar-refractivity contribution in [2.75, 3.05) is 5.32 Å². The van der Waals surface area contributed by atoms with Gasteiger partial charge in [0.15, 0.2) is 0 Å². The topological polar surface area (TPSA) is 83.7 Å². The van der Waals surface area contributed by atoms with Crippen molar-refractivity contribution in [3.63, 3.8) is 0 Å². The van der Waals surface area contributed by atoms with E-state index in [-0.39, 0.29) is 16.9 Å². The van der Waals surface area contributed by atoms with Crippen molar-refractivity contribution in [1.29, 1.82) is 0 Å². The van der Waals surface area contributed by atoms with Crippen LogP contribution in [0.4, 0.5) is 14.5 Å². The number of hydrogen-bond acceptors (Lipinski definition) is 3. The highest BCUT2D eigenvalue weighted by molar-refractivity contribution is 6.04. The Balaban J connectivity index is 1.96. The molecule has 3 rings (SSSR count). The molecular weight excluding hydrogens is 308 g/mol. The molecule has 8 heteroatoms. The Hall–Kier alpha value is -3.29. The molecule has 6 nitrogen and oxygen atoms in total. The number of carboxylic acid groups (broad SMARTS) is 1. The van der Waals surface area contributed by atoms with Crippen LogP contribution >= 0.6 is 0 Å². The standard InChI is InChI=1S/C15H9F2N3O3/c16-9-2-4-13-18-6-12(20(13)7-9)14(21)19-11-5-8(15(22)23)1-3-10(11)17/h1-7H,(H,19,21)(H,22,23). The average Bonchev–Trinajstić information content (AvgIpc) is 2.92. The maximum atomic E-state index is 13.7. The lowest BCUT2D eigenvalue weighted by Gasteiger charge is -2.07. The van der Waals surface area contributed by atoms with Gasteiger partial charge in [0.25, 0.3) is 5.91 Å². The lowest BCUT2D eigenvalue weighted by molar-refractivity contribution is 0.0696. The quantitative estimate of drug-likeness (QED) is 0.777. The van der Waals surface area contributed by atoms with E-state index >= 15 is 0 Å². The predicted molar refractivity (Wildman–Crippen MR) is 76.5 cm³/mol. The molecule has 0 spiro atoms. The Kier molecular flexibility index (Phi) is 3.49. The number of anilines is 1. The van der Waals surface area contributed by atoms with Crippen LogP contribution < -0.4 is 5.32 Å². The molecule has 0 bridgehead atoms. The molecule has 0 aliphatic rings. The lowest BCUT2D eigenvalue weighted by atomic mass is 10.2. The summed E-state index contributed by atoms with van der Waals surface area (Å²) in [6.45, 7) is 0. The summed E-state index contributed by atoms with van der Waals surface area (Å²) in [5.74, 6) is -3.35. The third-order valence-electron chi connectivity index (χ3n) is 3.16. The van der Waals surface area contributed by atoms with E-state index in [0.29, 0.717) is 5.65 Å². The predicted octanol–water partition coefficient (Wildman–Crippen LogP) is 2.56. The van der Waals surface area contributed by atoms with Crippen molar-refractivity contribution in [3.8, 4) is 0 Å². The number of fused-ring (bicyclic) bond motifs is 1. The van der Waals surface area contributed by atoms with Crippen LogP contribution in [0, 0.1) is 11.6 Å². The summed E-state index contributed by atoms with van der Waals surface area (Å²) in [4.78, 5) is 27.1. The van der Waals surface area contributed by atoms with E-state index in [9.17, 15) is 18.4 Å². The second-order valence-corrected chi connectivity index (χ2v) is 4.67. The molecule has 23 heavy (non-hydrogen) atoms. The smallest absolute Gasteiger partial charge is 0.335 e. The zero-order valence-electron chi connectivity index (χ0n) is 11.5. The van der Waals surface area contributed by atoms with Crippen molar-refractivity contribution >= 4 is 23.2 Å². The van der Waals surface area contributed by atoms with Gasteiger partial charge in [-0.2, -0.15) is 0 Å². The number of aromatic nitrogens is 2. The number of carbonyl (C=O) groups is 2. The van der Waals surface area contributed by atoms with Gasteiger partial charge in [0.1, 0.15) is 23.0 Å². The first kappa shape index (κ1) is 14.6. The Morgan fingerprint density at radius 2 is 1.96 bits per heavy atom. The van der Waals surface area contributed by atoms with Crippen LogP contribution in [0.3, 0.4) is 0 Å². The van der Waals surface area contributed by atoms with Crippen LogP contribution in [0.5, 0.6) is 0 Å². The highest BCUT2D eigenvalue weighted by atomic mass is 19.1. The van der Waals surface area contributed by atoms with Gasteiger partial charge >= 0.3 is 5.97 Å². The Labute approximate surface area is 128 Å². The summed E-state index contributed by atoms with van der Waals surface area (Å²) in [5, 5.41) is 11.2. The van der Waals surface area contributed by atoms with Crippen molar-refractivity contribution in [2.24, 2.45) is 0 Å². The van der Waals surface area contributed by atoms with Gasteiger partial charge in [0, 0.05) is 6.20 Å². The largest absolute Gasteiger partial charge is 0.478 e. The molecule has 2 N–H and O–H groups in total. The molecule has 0 aliphatic heterocycles. The fourth-order valence-corrected chi connectivity index (χ4v) is 2.06. The SMILES string of the molecule is O=C(O)c1ccc(F)c(NC(=O)c2cnc3ccc(F)cn23)c1. The Morgan fingerprint density at radius 3 is 2.70 bits per heavy atom. The maximum absolute atomic E-state index is 13.7. The van der Waals surface area contributed by atoms with E-state index in [1.165, 1.54) is 22.7 Å². The molecule has 1 aromatic carbocycles. The summed E-state index contributed by atoms with van der Waals surface area (Å²) < 4.78 is 28.2. The molecule has 2 heterocycles. The first-order chi connectivity index (χ1) is 11.0. The Bertz CT molecular complexity index is 937. The monoisotopic (exact) mass is 317 g/mol.